The van der Waals surface area contributed by atoms with Gasteiger partial charge in [-0.2, -0.15) is 0 Å². The maximum atomic E-state index is 12.1. The molecule has 0 aliphatic rings. The molecule has 0 bridgehead atoms. The maximum absolute atomic E-state index is 12.1. The molecule has 0 unspecified atom stereocenters. The van der Waals surface area contributed by atoms with Gasteiger partial charge in [0.05, 0.1) is 12.2 Å². The fraction of sp³-hybridized carbons (Fsp3) is 0.182. The van der Waals surface area contributed by atoms with E-state index in [1.165, 1.54) is 19.4 Å². The van der Waals surface area contributed by atoms with Crippen LogP contribution in [0.15, 0.2) is 34.0 Å². The molecule has 0 radical (unpaired) electrons. The van der Waals surface area contributed by atoms with Crippen molar-refractivity contribution in [1.29, 1.82) is 0 Å². The summed E-state index contributed by atoms with van der Waals surface area (Å²) in [5.41, 5.74) is 0.489. The van der Waals surface area contributed by atoms with Crippen LogP contribution in [0.1, 0.15) is 22.0 Å². The Bertz CT molecular complexity index is 724. The molecule has 2 aromatic rings. The third-order valence-electron chi connectivity index (χ3n) is 2.46. The molecule has 2 rings (SSSR count). The Balaban J connectivity index is 2.20. The first kappa shape index (κ1) is 14.2. The molecule has 2 heterocycles. The molecule has 0 saturated carbocycles. The Morgan fingerprint density at radius 1 is 1.50 bits per heavy atom. The van der Waals surface area contributed by atoms with E-state index < -0.39 is 21.8 Å². The number of rotatable bonds is 5. The number of hydrogen-bond acceptors (Lipinski definition) is 6. The van der Waals surface area contributed by atoms with Gasteiger partial charge < -0.3 is 9.52 Å². The van der Waals surface area contributed by atoms with Crippen molar-refractivity contribution in [1.82, 2.24) is 14.7 Å². The summed E-state index contributed by atoms with van der Waals surface area (Å²) in [6.45, 7) is 1.35. The highest BCUT2D eigenvalue weighted by Crippen LogP contribution is 2.20. The lowest BCUT2D eigenvalue weighted by molar-refractivity contribution is 0.0661. The number of furan rings is 1. The molecule has 0 atom stereocenters. The van der Waals surface area contributed by atoms with Gasteiger partial charge in [-0.15, -0.1) is 0 Å². The van der Waals surface area contributed by atoms with Crippen LogP contribution in [0.3, 0.4) is 0 Å². The molecule has 0 fully saturated rings. The van der Waals surface area contributed by atoms with Crippen LogP contribution in [0.5, 0.6) is 0 Å². The van der Waals surface area contributed by atoms with Crippen molar-refractivity contribution in [2.75, 3.05) is 0 Å². The van der Waals surface area contributed by atoms with Gasteiger partial charge in [0.25, 0.3) is 0 Å². The third-order valence-corrected chi connectivity index (χ3v) is 3.97. The summed E-state index contributed by atoms with van der Waals surface area (Å²) in [5.74, 6) is -1.74. The van der Waals surface area contributed by atoms with E-state index in [0.717, 1.165) is 6.07 Å². The average Bonchev–Trinajstić information content (AvgIpc) is 2.81. The summed E-state index contributed by atoms with van der Waals surface area (Å²) < 4.78 is 31.3. The normalized spacial score (nSPS) is 11.4. The lowest BCUT2D eigenvalue weighted by Crippen LogP contribution is -2.24. The van der Waals surface area contributed by atoms with Crippen molar-refractivity contribution in [3.05, 3.63) is 41.9 Å². The Morgan fingerprint density at radius 2 is 2.25 bits per heavy atom. The molecular weight excluding hydrogens is 286 g/mol. The van der Waals surface area contributed by atoms with Gasteiger partial charge in [0, 0.05) is 12.3 Å². The van der Waals surface area contributed by atoms with Crippen LogP contribution >= 0.6 is 0 Å². The molecule has 0 aromatic carbocycles. The minimum absolute atomic E-state index is 0.0117. The quantitative estimate of drug-likeness (QED) is 0.826. The number of hydrogen-bond donors (Lipinski definition) is 2. The largest absolute Gasteiger partial charge is 0.475 e. The van der Waals surface area contributed by atoms with Crippen LogP contribution in [0, 0.1) is 6.92 Å². The van der Waals surface area contributed by atoms with E-state index in [4.69, 9.17) is 9.52 Å². The number of aromatic carboxylic acids is 1. The van der Waals surface area contributed by atoms with Crippen LogP contribution in [0.2, 0.25) is 0 Å². The first-order chi connectivity index (χ1) is 9.40. The zero-order valence-electron chi connectivity index (χ0n) is 10.4. The van der Waals surface area contributed by atoms with E-state index in [9.17, 15) is 13.2 Å². The lowest BCUT2D eigenvalue weighted by atomic mass is 10.4. The first-order valence-electron chi connectivity index (χ1n) is 5.48. The summed E-state index contributed by atoms with van der Waals surface area (Å²) in [5, 5.41) is 8.77. The third kappa shape index (κ3) is 3.00. The molecule has 8 nitrogen and oxygen atoms in total. The maximum Gasteiger partial charge on any atom is 0.371 e. The molecule has 0 spiro atoms. The molecule has 2 N–H and O–H groups in total. The highest BCUT2D eigenvalue weighted by Gasteiger charge is 2.23. The smallest absolute Gasteiger partial charge is 0.371 e. The van der Waals surface area contributed by atoms with Crippen molar-refractivity contribution < 1.29 is 22.7 Å². The van der Waals surface area contributed by atoms with Crippen LogP contribution in [0.4, 0.5) is 0 Å². The molecule has 20 heavy (non-hydrogen) atoms. The van der Waals surface area contributed by atoms with Crippen molar-refractivity contribution in [3.63, 3.8) is 0 Å². The molecule has 0 amide bonds. The number of aryl methyl sites for hydroxylation is 1. The summed E-state index contributed by atoms with van der Waals surface area (Å²) in [6.07, 6.45) is 2.79. The van der Waals surface area contributed by atoms with Gasteiger partial charge in [0.1, 0.15) is 17.0 Å². The molecule has 0 saturated heterocycles. The summed E-state index contributed by atoms with van der Waals surface area (Å²) >= 11 is 0. The highest BCUT2D eigenvalue weighted by molar-refractivity contribution is 7.89. The number of carboxylic acids is 1. The number of carbonyl (C=O) groups is 1. The standard InChI is InChI=1S/C11H11N3O5S/c1-7-10(4-9(19-7)11(15)16)20(17,18)14-5-8-2-3-12-6-13-8/h2-4,6,14H,5H2,1H3,(H,15,16). The van der Waals surface area contributed by atoms with E-state index in [-0.39, 0.29) is 17.2 Å². The molecule has 0 aliphatic heterocycles. The Hall–Kier alpha value is -2.26. The first-order valence-corrected chi connectivity index (χ1v) is 6.97. The van der Waals surface area contributed by atoms with Crippen molar-refractivity contribution >= 4 is 16.0 Å². The minimum Gasteiger partial charge on any atom is -0.475 e. The predicted molar refractivity (Wildman–Crippen MR) is 66.5 cm³/mol. The number of sulfonamides is 1. The van der Waals surface area contributed by atoms with E-state index >= 15 is 0 Å². The van der Waals surface area contributed by atoms with Gasteiger partial charge in [-0.05, 0) is 13.0 Å². The monoisotopic (exact) mass is 297 g/mol. The van der Waals surface area contributed by atoms with Crippen molar-refractivity contribution in [2.45, 2.75) is 18.4 Å². The second-order valence-corrected chi connectivity index (χ2v) is 5.60. The van der Waals surface area contributed by atoms with E-state index in [1.807, 2.05) is 0 Å². The number of nitrogens with one attached hydrogen (secondary N) is 1. The second-order valence-electron chi connectivity index (χ2n) is 3.86. The van der Waals surface area contributed by atoms with Gasteiger partial charge in [0.15, 0.2) is 0 Å². The van der Waals surface area contributed by atoms with Gasteiger partial charge in [0.2, 0.25) is 15.8 Å². The minimum atomic E-state index is -3.87. The van der Waals surface area contributed by atoms with Gasteiger partial charge in [-0.3, -0.25) is 0 Å². The highest BCUT2D eigenvalue weighted by atomic mass is 32.2. The van der Waals surface area contributed by atoms with Crippen LogP contribution in [-0.4, -0.2) is 29.5 Å². The molecule has 0 aliphatic carbocycles. The SMILES string of the molecule is Cc1oc(C(=O)O)cc1S(=O)(=O)NCc1ccncn1. The topological polar surface area (TPSA) is 122 Å². The molecular formula is C11H11N3O5S. The fourth-order valence-electron chi connectivity index (χ4n) is 1.51. The zero-order chi connectivity index (χ0) is 14.8. The van der Waals surface area contributed by atoms with Gasteiger partial charge >= 0.3 is 5.97 Å². The van der Waals surface area contributed by atoms with Crippen molar-refractivity contribution in [2.24, 2.45) is 0 Å². The van der Waals surface area contributed by atoms with E-state index in [0.29, 0.717) is 5.69 Å². The molecule has 106 valence electrons. The van der Waals surface area contributed by atoms with E-state index in [1.54, 1.807) is 6.07 Å². The summed E-state index contributed by atoms with van der Waals surface area (Å²) in [7, 11) is -3.87. The Morgan fingerprint density at radius 3 is 2.80 bits per heavy atom. The van der Waals surface area contributed by atoms with Gasteiger partial charge in [-0.1, -0.05) is 0 Å². The van der Waals surface area contributed by atoms with Crippen LogP contribution < -0.4 is 4.72 Å². The van der Waals surface area contributed by atoms with Crippen molar-refractivity contribution in [3.8, 4) is 0 Å². The Labute approximate surface area is 114 Å². The number of nitrogens with zero attached hydrogens (tertiary/aromatic N) is 2. The Kier molecular flexibility index (Phi) is 3.81. The van der Waals surface area contributed by atoms with E-state index in [2.05, 4.69) is 14.7 Å². The fourth-order valence-corrected chi connectivity index (χ4v) is 2.68. The molecule has 9 heteroatoms. The molecule has 2 aromatic heterocycles. The van der Waals surface area contributed by atoms with Gasteiger partial charge in [-0.25, -0.2) is 27.9 Å². The average molecular weight is 297 g/mol. The summed E-state index contributed by atoms with van der Waals surface area (Å²) in [4.78, 5) is 18.1. The zero-order valence-corrected chi connectivity index (χ0v) is 11.2. The second kappa shape index (κ2) is 5.39. The van der Waals surface area contributed by atoms with Crippen LogP contribution in [0.25, 0.3) is 0 Å². The summed E-state index contributed by atoms with van der Waals surface area (Å²) in [6, 6.07) is 2.54. The predicted octanol–water partition coefficient (Wildman–Crippen LogP) is 0.555. The van der Waals surface area contributed by atoms with Crippen LogP contribution in [-0.2, 0) is 16.6 Å². The number of carboxylic acid groups (broad SMARTS) is 1. The number of aromatic nitrogens is 2. The lowest BCUT2D eigenvalue weighted by Gasteiger charge is -2.04.